The van der Waals surface area contributed by atoms with Crippen LogP contribution < -0.4 is 10.6 Å². The van der Waals surface area contributed by atoms with E-state index in [4.69, 9.17) is 0 Å². The lowest BCUT2D eigenvalue weighted by Crippen LogP contribution is -2.47. The van der Waals surface area contributed by atoms with E-state index in [2.05, 4.69) is 10.6 Å². The summed E-state index contributed by atoms with van der Waals surface area (Å²) >= 11 is 0. The first-order valence-corrected chi connectivity index (χ1v) is 8.65. The smallest absolute Gasteiger partial charge is 0.317 e. The molecule has 1 atom stereocenters. The second kappa shape index (κ2) is 7.99. The summed E-state index contributed by atoms with van der Waals surface area (Å²) in [5, 5.41) is 5.39. The van der Waals surface area contributed by atoms with Crippen LogP contribution in [0.2, 0.25) is 0 Å². The summed E-state index contributed by atoms with van der Waals surface area (Å²) in [5.74, 6) is -0.667. The molecule has 2 aromatic rings. The van der Waals surface area contributed by atoms with Crippen LogP contribution in [0, 0.1) is 0 Å². The van der Waals surface area contributed by atoms with Crippen LogP contribution in [0.15, 0.2) is 60.7 Å². The zero-order chi connectivity index (χ0) is 18.4. The quantitative estimate of drug-likeness (QED) is 0.866. The molecule has 136 valence electrons. The Bertz CT molecular complexity index is 754. The number of carbonyl (C=O) groups is 2. The summed E-state index contributed by atoms with van der Waals surface area (Å²) in [6.45, 7) is 0.630. The van der Waals surface area contributed by atoms with Gasteiger partial charge < -0.3 is 15.5 Å². The molecular formula is C20H22FN3O2. The molecule has 1 aliphatic rings. The molecule has 3 rings (SSSR count). The van der Waals surface area contributed by atoms with Gasteiger partial charge in [-0.05, 0) is 11.1 Å². The Hall–Kier alpha value is -2.89. The van der Waals surface area contributed by atoms with Gasteiger partial charge in [0.15, 0.2) is 0 Å². The molecule has 0 bridgehead atoms. The number of benzene rings is 2. The SMILES string of the molecule is O=C(NCc1ccccc1)N1CCC(F)(C(=O)NCc2ccccc2)C1. The molecule has 6 heteroatoms. The lowest BCUT2D eigenvalue weighted by Gasteiger charge is -2.21. The van der Waals surface area contributed by atoms with Gasteiger partial charge in [0.05, 0.1) is 6.54 Å². The molecule has 1 aliphatic heterocycles. The van der Waals surface area contributed by atoms with E-state index in [1.807, 2.05) is 60.7 Å². The van der Waals surface area contributed by atoms with E-state index in [1.54, 1.807) is 0 Å². The Morgan fingerprint density at radius 3 is 2.04 bits per heavy atom. The van der Waals surface area contributed by atoms with E-state index < -0.39 is 11.6 Å². The largest absolute Gasteiger partial charge is 0.349 e. The number of hydrogen-bond donors (Lipinski definition) is 2. The van der Waals surface area contributed by atoms with Gasteiger partial charge in [0.2, 0.25) is 5.67 Å². The molecule has 1 saturated heterocycles. The van der Waals surface area contributed by atoms with Crippen molar-refractivity contribution in [2.45, 2.75) is 25.2 Å². The Morgan fingerprint density at radius 1 is 0.923 bits per heavy atom. The molecule has 0 spiro atoms. The van der Waals surface area contributed by atoms with Gasteiger partial charge in [-0.25, -0.2) is 9.18 Å². The number of alkyl halides is 1. The van der Waals surface area contributed by atoms with Crippen LogP contribution in [0.4, 0.5) is 9.18 Å². The number of halogens is 1. The number of likely N-dealkylation sites (tertiary alicyclic amines) is 1. The first-order chi connectivity index (χ1) is 12.6. The third kappa shape index (κ3) is 4.39. The summed E-state index contributed by atoms with van der Waals surface area (Å²) in [6, 6.07) is 18.5. The topological polar surface area (TPSA) is 61.4 Å². The van der Waals surface area contributed by atoms with E-state index in [9.17, 15) is 14.0 Å². The van der Waals surface area contributed by atoms with Crippen LogP contribution in [0.3, 0.4) is 0 Å². The van der Waals surface area contributed by atoms with Crippen molar-refractivity contribution in [3.8, 4) is 0 Å². The van der Waals surface area contributed by atoms with Crippen molar-refractivity contribution in [3.63, 3.8) is 0 Å². The molecule has 5 nitrogen and oxygen atoms in total. The zero-order valence-corrected chi connectivity index (χ0v) is 14.5. The van der Waals surface area contributed by atoms with Crippen LogP contribution in [-0.2, 0) is 17.9 Å². The summed E-state index contributed by atoms with van der Waals surface area (Å²) in [7, 11) is 0. The fraction of sp³-hybridized carbons (Fsp3) is 0.300. The number of nitrogens with zero attached hydrogens (tertiary/aromatic N) is 1. The lowest BCUT2D eigenvalue weighted by molar-refractivity contribution is -0.132. The average Bonchev–Trinajstić information content (AvgIpc) is 3.09. The molecule has 2 aromatic carbocycles. The van der Waals surface area contributed by atoms with E-state index in [0.717, 1.165) is 11.1 Å². The van der Waals surface area contributed by atoms with Crippen molar-refractivity contribution in [2.24, 2.45) is 0 Å². The number of nitrogens with one attached hydrogen (secondary N) is 2. The molecule has 0 saturated carbocycles. The minimum absolute atomic E-state index is 0.00633. The number of urea groups is 1. The van der Waals surface area contributed by atoms with Crippen molar-refractivity contribution < 1.29 is 14.0 Å². The van der Waals surface area contributed by atoms with E-state index >= 15 is 0 Å². The second-order valence-electron chi connectivity index (χ2n) is 6.45. The van der Waals surface area contributed by atoms with E-state index in [-0.39, 0.29) is 32.1 Å². The van der Waals surface area contributed by atoms with Gasteiger partial charge in [0, 0.05) is 26.1 Å². The highest BCUT2D eigenvalue weighted by Crippen LogP contribution is 2.26. The molecular weight excluding hydrogens is 333 g/mol. The van der Waals surface area contributed by atoms with Gasteiger partial charge in [-0.15, -0.1) is 0 Å². The van der Waals surface area contributed by atoms with Crippen LogP contribution in [0.5, 0.6) is 0 Å². The molecule has 1 heterocycles. The minimum Gasteiger partial charge on any atom is -0.349 e. The van der Waals surface area contributed by atoms with Crippen molar-refractivity contribution in [2.75, 3.05) is 13.1 Å². The molecule has 1 unspecified atom stereocenters. The molecule has 0 aromatic heterocycles. The zero-order valence-electron chi connectivity index (χ0n) is 14.5. The van der Waals surface area contributed by atoms with Gasteiger partial charge in [0.25, 0.3) is 5.91 Å². The Balaban J connectivity index is 1.49. The first kappa shape index (κ1) is 17.9. The van der Waals surface area contributed by atoms with Gasteiger partial charge in [-0.2, -0.15) is 0 Å². The average molecular weight is 355 g/mol. The monoisotopic (exact) mass is 355 g/mol. The van der Waals surface area contributed by atoms with Gasteiger partial charge in [-0.1, -0.05) is 60.7 Å². The molecule has 1 fully saturated rings. The first-order valence-electron chi connectivity index (χ1n) is 8.65. The fourth-order valence-corrected chi connectivity index (χ4v) is 2.95. The van der Waals surface area contributed by atoms with Crippen LogP contribution >= 0.6 is 0 Å². The van der Waals surface area contributed by atoms with Gasteiger partial charge in [-0.3, -0.25) is 4.79 Å². The summed E-state index contributed by atoms with van der Waals surface area (Å²) in [5.41, 5.74) is -0.175. The van der Waals surface area contributed by atoms with E-state index in [1.165, 1.54) is 4.90 Å². The van der Waals surface area contributed by atoms with Crippen LogP contribution in [-0.4, -0.2) is 35.6 Å². The summed E-state index contributed by atoms with van der Waals surface area (Å²) in [4.78, 5) is 25.8. The minimum atomic E-state index is -2.04. The number of rotatable bonds is 5. The van der Waals surface area contributed by atoms with E-state index in [0.29, 0.717) is 6.54 Å². The Morgan fingerprint density at radius 2 is 1.46 bits per heavy atom. The van der Waals surface area contributed by atoms with Crippen LogP contribution in [0.25, 0.3) is 0 Å². The van der Waals surface area contributed by atoms with Crippen LogP contribution in [0.1, 0.15) is 17.5 Å². The number of hydrogen-bond acceptors (Lipinski definition) is 2. The number of amides is 3. The maximum absolute atomic E-state index is 14.9. The predicted molar refractivity (Wildman–Crippen MR) is 97.0 cm³/mol. The van der Waals surface area contributed by atoms with Crippen molar-refractivity contribution in [1.29, 1.82) is 0 Å². The Kier molecular flexibility index (Phi) is 5.51. The number of carbonyl (C=O) groups excluding carboxylic acids is 2. The molecule has 0 radical (unpaired) electrons. The van der Waals surface area contributed by atoms with Gasteiger partial charge >= 0.3 is 6.03 Å². The highest BCUT2D eigenvalue weighted by molar-refractivity contribution is 5.87. The lowest BCUT2D eigenvalue weighted by atomic mass is 10.0. The van der Waals surface area contributed by atoms with Crippen molar-refractivity contribution >= 4 is 11.9 Å². The van der Waals surface area contributed by atoms with Gasteiger partial charge in [0.1, 0.15) is 0 Å². The second-order valence-corrected chi connectivity index (χ2v) is 6.45. The predicted octanol–water partition coefficient (Wildman–Crippen LogP) is 2.63. The Labute approximate surface area is 152 Å². The summed E-state index contributed by atoms with van der Waals surface area (Å²) in [6.07, 6.45) is 0.00633. The maximum atomic E-state index is 14.9. The molecule has 0 aliphatic carbocycles. The third-order valence-corrected chi connectivity index (χ3v) is 4.50. The highest BCUT2D eigenvalue weighted by atomic mass is 19.1. The van der Waals surface area contributed by atoms with Crippen molar-refractivity contribution in [1.82, 2.24) is 15.5 Å². The third-order valence-electron chi connectivity index (χ3n) is 4.50. The maximum Gasteiger partial charge on any atom is 0.317 e. The molecule has 2 N–H and O–H groups in total. The molecule has 26 heavy (non-hydrogen) atoms. The normalized spacial score (nSPS) is 19.2. The molecule has 3 amide bonds. The fourth-order valence-electron chi connectivity index (χ4n) is 2.95. The highest BCUT2D eigenvalue weighted by Gasteiger charge is 2.46. The standard InChI is InChI=1S/C20H22FN3O2/c21-20(18(25)22-13-16-7-3-1-4-8-16)11-12-24(15-20)19(26)23-14-17-9-5-2-6-10-17/h1-10H,11-15H2,(H,22,25)(H,23,26). The summed E-state index contributed by atoms with van der Waals surface area (Å²) < 4.78 is 14.9. The van der Waals surface area contributed by atoms with Crippen molar-refractivity contribution in [3.05, 3.63) is 71.8 Å².